The van der Waals surface area contributed by atoms with Crippen molar-refractivity contribution in [2.45, 2.75) is 6.54 Å². The van der Waals surface area contributed by atoms with E-state index in [0.29, 0.717) is 5.56 Å². The molecule has 0 saturated heterocycles. The summed E-state index contributed by atoms with van der Waals surface area (Å²) in [4.78, 5) is 23.6. The van der Waals surface area contributed by atoms with Crippen LogP contribution in [0.4, 0.5) is 0 Å². The highest BCUT2D eigenvalue weighted by molar-refractivity contribution is 9.10. The number of halogens is 1. The highest BCUT2D eigenvalue weighted by atomic mass is 79.9. The zero-order valence-corrected chi connectivity index (χ0v) is 10.8. The van der Waals surface area contributed by atoms with Gasteiger partial charge in [-0.1, -0.05) is 34.1 Å². The van der Waals surface area contributed by atoms with Gasteiger partial charge in [-0.3, -0.25) is 9.36 Å². The fourth-order valence-corrected chi connectivity index (χ4v) is 2.06. The SMILES string of the molecule is Cn1ccn(CC(=O)c2ccccc2Br)c1=O. The quantitative estimate of drug-likeness (QED) is 0.811. The van der Waals surface area contributed by atoms with Gasteiger partial charge in [0.25, 0.3) is 0 Å². The molecule has 2 rings (SSSR count). The highest BCUT2D eigenvalue weighted by Gasteiger charge is 2.11. The maximum Gasteiger partial charge on any atom is 0.328 e. The lowest BCUT2D eigenvalue weighted by Crippen LogP contribution is -2.25. The Bertz CT molecular complexity index is 613. The number of Topliss-reactive ketones (excluding diaryl/α,β-unsaturated/α-hetero) is 1. The van der Waals surface area contributed by atoms with Crippen LogP contribution in [0.15, 0.2) is 45.9 Å². The first-order valence-electron chi connectivity index (χ1n) is 5.09. The third-order valence-electron chi connectivity index (χ3n) is 2.51. The van der Waals surface area contributed by atoms with Crippen molar-refractivity contribution < 1.29 is 4.79 Å². The molecule has 2 aromatic rings. The molecule has 5 heteroatoms. The van der Waals surface area contributed by atoms with Gasteiger partial charge in [-0.2, -0.15) is 0 Å². The molecule has 88 valence electrons. The summed E-state index contributed by atoms with van der Waals surface area (Å²) in [6.07, 6.45) is 3.24. The third-order valence-corrected chi connectivity index (χ3v) is 3.20. The van der Waals surface area contributed by atoms with Crippen LogP contribution in [0.5, 0.6) is 0 Å². The highest BCUT2D eigenvalue weighted by Crippen LogP contribution is 2.16. The van der Waals surface area contributed by atoms with Gasteiger partial charge in [-0.15, -0.1) is 0 Å². The number of carbonyl (C=O) groups is 1. The maximum absolute atomic E-state index is 12.0. The molecular formula is C12H11BrN2O2. The van der Waals surface area contributed by atoms with Crippen molar-refractivity contribution in [1.82, 2.24) is 9.13 Å². The van der Waals surface area contributed by atoms with E-state index < -0.39 is 0 Å². The molecule has 0 aliphatic heterocycles. The first-order valence-corrected chi connectivity index (χ1v) is 5.88. The molecule has 0 atom stereocenters. The molecule has 0 aliphatic rings. The smallest absolute Gasteiger partial charge is 0.302 e. The molecule has 0 amide bonds. The molecule has 0 bridgehead atoms. The van der Waals surface area contributed by atoms with Crippen LogP contribution in [0, 0.1) is 0 Å². The average Bonchev–Trinajstić information content (AvgIpc) is 2.61. The van der Waals surface area contributed by atoms with Crippen molar-refractivity contribution in [2.75, 3.05) is 0 Å². The lowest BCUT2D eigenvalue weighted by Gasteiger charge is -2.03. The standard InChI is InChI=1S/C12H11BrN2O2/c1-14-6-7-15(12(14)17)8-11(16)9-4-2-3-5-10(9)13/h2-7H,8H2,1H3. The van der Waals surface area contributed by atoms with E-state index in [0.717, 1.165) is 4.47 Å². The van der Waals surface area contributed by atoms with Gasteiger partial charge in [-0.05, 0) is 6.07 Å². The molecule has 1 heterocycles. The second-order valence-corrected chi connectivity index (χ2v) is 4.58. The minimum absolute atomic E-state index is 0.0578. The third kappa shape index (κ3) is 2.39. The van der Waals surface area contributed by atoms with Crippen LogP contribution in [-0.2, 0) is 13.6 Å². The Balaban J connectivity index is 2.27. The van der Waals surface area contributed by atoms with Crippen molar-refractivity contribution in [3.63, 3.8) is 0 Å². The molecule has 0 saturated carbocycles. The van der Waals surface area contributed by atoms with Crippen molar-refractivity contribution in [3.8, 4) is 0 Å². The molecule has 1 aromatic heterocycles. The summed E-state index contributed by atoms with van der Waals surface area (Å²) in [6.45, 7) is 0.0578. The number of rotatable bonds is 3. The first kappa shape index (κ1) is 11.9. The van der Waals surface area contributed by atoms with Crippen molar-refractivity contribution >= 4 is 21.7 Å². The van der Waals surface area contributed by atoms with E-state index in [9.17, 15) is 9.59 Å². The van der Waals surface area contributed by atoms with Gasteiger partial charge < -0.3 is 4.57 Å². The number of imidazole rings is 1. The Kier molecular flexibility index (Phi) is 3.28. The second-order valence-electron chi connectivity index (χ2n) is 3.72. The van der Waals surface area contributed by atoms with E-state index in [2.05, 4.69) is 15.9 Å². The monoisotopic (exact) mass is 294 g/mol. The van der Waals surface area contributed by atoms with Crippen LogP contribution in [0.2, 0.25) is 0 Å². The predicted octanol–water partition coefficient (Wildman–Crippen LogP) is 1.83. The van der Waals surface area contributed by atoms with Crippen LogP contribution in [0.1, 0.15) is 10.4 Å². The number of aromatic nitrogens is 2. The van der Waals surface area contributed by atoms with E-state index in [-0.39, 0.29) is 18.0 Å². The summed E-state index contributed by atoms with van der Waals surface area (Å²) in [6, 6.07) is 7.18. The molecule has 4 nitrogen and oxygen atoms in total. The number of hydrogen-bond donors (Lipinski definition) is 0. The average molecular weight is 295 g/mol. The number of benzene rings is 1. The Labute approximate surface area is 107 Å². The minimum atomic E-state index is -0.189. The number of nitrogens with zero attached hydrogens (tertiary/aromatic N) is 2. The zero-order chi connectivity index (χ0) is 12.4. The first-order chi connectivity index (χ1) is 8.09. The predicted molar refractivity (Wildman–Crippen MR) is 68.1 cm³/mol. The number of ketones is 1. The summed E-state index contributed by atoms with van der Waals surface area (Å²) >= 11 is 3.32. The number of aryl methyl sites for hydroxylation is 1. The van der Waals surface area contributed by atoms with Crippen molar-refractivity contribution in [1.29, 1.82) is 0 Å². The molecule has 0 radical (unpaired) electrons. The van der Waals surface area contributed by atoms with Gasteiger partial charge in [0.05, 0.1) is 6.54 Å². The Morgan fingerprint density at radius 2 is 2.00 bits per heavy atom. The summed E-state index contributed by atoms with van der Waals surface area (Å²) < 4.78 is 3.57. The zero-order valence-electron chi connectivity index (χ0n) is 9.26. The van der Waals surface area contributed by atoms with Crippen LogP contribution in [0.25, 0.3) is 0 Å². The maximum atomic E-state index is 12.0. The molecule has 0 spiro atoms. The number of carbonyl (C=O) groups excluding carboxylic acids is 1. The van der Waals surface area contributed by atoms with Crippen molar-refractivity contribution in [3.05, 3.63) is 57.2 Å². The van der Waals surface area contributed by atoms with E-state index in [1.165, 1.54) is 9.13 Å². The van der Waals surface area contributed by atoms with Gasteiger partial charge in [-0.25, -0.2) is 4.79 Å². The molecule has 0 unspecified atom stereocenters. The summed E-state index contributed by atoms with van der Waals surface area (Å²) in [5.74, 6) is -0.0919. The minimum Gasteiger partial charge on any atom is -0.302 e. The van der Waals surface area contributed by atoms with E-state index in [1.807, 2.05) is 6.07 Å². The van der Waals surface area contributed by atoms with E-state index >= 15 is 0 Å². The summed E-state index contributed by atoms with van der Waals surface area (Å²) in [5.41, 5.74) is 0.397. The lowest BCUT2D eigenvalue weighted by atomic mass is 10.1. The van der Waals surface area contributed by atoms with Crippen molar-refractivity contribution in [2.24, 2.45) is 7.05 Å². The Morgan fingerprint density at radius 1 is 1.29 bits per heavy atom. The van der Waals surface area contributed by atoms with Crippen LogP contribution >= 0.6 is 15.9 Å². The molecule has 0 N–H and O–H groups in total. The second kappa shape index (κ2) is 4.71. The van der Waals surface area contributed by atoms with E-state index in [4.69, 9.17) is 0 Å². The Morgan fingerprint density at radius 3 is 2.59 bits per heavy atom. The van der Waals surface area contributed by atoms with Gasteiger partial charge in [0.2, 0.25) is 0 Å². The molecule has 0 aliphatic carbocycles. The van der Waals surface area contributed by atoms with Gasteiger partial charge >= 0.3 is 5.69 Å². The van der Waals surface area contributed by atoms with Gasteiger partial charge in [0, 0.05) is 29.5 Å². The van der Waals surface area contributed by atoms with Crippen LogP contribution in [0.3, 0.4) is 0 Å². The fourth-order valence-electron chi connectivity index (χ4n) is 1.56. The Hall–Kier alpha value is -1.62. The van der Waals surface area contributed by atoms with Crippen LogP contribution < -0.4 is 5.69 Å². The molecule has 17 heavy (non-hydrogen) atoms. The van der Waals surface area contributed by atoms with Gasteiger partial charge in [0.15, 0.2) is 5.78 Å². The summed E-state index contributed by atoms with van der Waals surface area (Å²) in [5, 5.41) is 0. The lowest BCUT2D eigenvalue weighted by molar-refractivity contribution is 0.0970. The molecular weight excluding hydrogens is 284 g/mol. The fraction of sp³-hybridized carbons (Fsp3) is 0.167. The topological polar surface area (TPSA) is 44.0 Å². The number of hydrogen-bond acceptors (Lipinski definition) is 2. The molecule has 1 aromatic carbocycles. The van der Waals surface area contributed by atoms with Crippen LogP contribution in [-0.4, -0.2) is 14.9 Å². The molecule has 0 fully saturated rings. The van der Waals surface area contributed by atoms with E-state index in [1.54, 1.807) is 37.6 Å². The largest absolute Gasteiger partial charge is 0.328 e. The van der Waals surface area contributed by atoms with Gasteiger partial charge in [0.1, 0.15) is 0 Å². The normalized spacial score (nSPS) is 10.5. The summed E-state index contributed by atoms with van der Waals surface area (Å²) in [7, 11) is 1.65.